The predicted molar refractivity (Wildman–Crippen MR) is 145 cm³/mol. The number of amides is 1. The Balaban J connectivity index is 1.36. The van der Waals surface area contributed by atoms with E-state index in [1.807, 2.05) is 0 Å². The molecule has 4 heterocycles. The first-order chi connectivity index (χ1) is 17.8. The second kappa shape index (κ2) is 11.6. The second-order valence-corrected chi connectivity index (χ2v) is 14.0. The Bertz CT molecular complexity index is 1360. The molecule has 5 rings (SSSR count). The number of benzene rings is 1. The van der Waals surface area contributed by atoms with Crippen LogP contribution in [0.2, 0.25) is 4.34 Å². The molecule has 0 spiro atoms. The summed E-state index contributed by atoms with van der Waals surface area (Å²) >= 11 is 8.27. The zero-order chi connectivity index (χ0) is 26.0. The Morgan fingerprint density at radius 1 is 1.19 bits per heavy atom. The van der Waals surface area contributed by atoms with Gasteiger partial charge in [-0.2, -0.15) is 4.31 Å². The van der Waals surface area contributed by atoms with Crippen molar-refractivity contribution in [1.29, 1.82) is 0 Å². The number of rotatable bonds is 8. The third kappa shape index (κ3) is 6.00. The minimum atomic E-state index is -3.74. The van der Waals surface area contributed by atoms with Crippen LogP contribution < -0.4 is 4.90 Å². The number of nitrogens with zero attached hydrogens (tertiary/aromatic N) is 4. The largest absolute Gasteiger partial charge is 0.379 e. The lowest BCUT2D eigenvalue weighted by molar-refractivity contribution is -0.123. The molecule has 37 heavy (non-hydrogen) atoms. The fourth-order valence-corrected chi connectivity index (χ4v) is 8.91. The number of ether oxygens (including phenoxy) is 1. The van der Waals surface area contributed by atoms with Crippen LogP contribution >= 0.6 is 34.3 Å². The molecule has 1 unspecified atom stereocenters. The van der Waals surface area contributed by atoms with Crippen molar-refractivity contribution in [3.05, 3.63) is 40.5 Å². The summed E-state index contributed by atoms with van der Waals surface area (Å²) in [6, 6.07) is 7.84. The van der Waals surface area contributed by atoms with Gasteiger partial charge in [-0.1, -0.05) is 29.0 Å². The van der Waals surface area contributed by atoms with Crippen LogP contribution in [0.3, 0.4) is 0 Å². The lowest BCUT2D eigenvalue weighted by atomic mass is 9.98. The lowest BCUT2D eigenvalue weighted by Gasteiger charge is -2.34. The molecule has 2 aromatic heterocycles. The highest BCUT2D eigenvalue weighted by molar-refractivity contribution is 7.91. The number of carbonyl (C=O) groups is 1. The summed E-state index contributed by atoms with van der Waals surface area (Å²) < 4.78 is 48.8. The van der Waals surface area contributed by atoms with E-state index in [1.54, 1.807) is 23.1 Å². The molecule has 1 atom stereocenters. The van der Waals surface area contributed by atoms with Crippen molar-refractivity contribution in [1.82, 2.24) is 14.2 Å². The van der Waals surface area contributed by atoms with Crippen molar-refractivity contribution >= 4 is 65.6 Å². The number of halogens is 2. The maximum absolute atomic E-state index is 14.4. The molecule has 1 amide bonds. The number of para-hydroxylation sites is 1. The van der Waals surface area contributed by atoms with Gasteiger partial charge in [-0.25, -0.2) is 17.8 Å². The van der Waals surface area contributed by atoms with E-state index in [0.29, 0.717) is 59.7 Å². The third-order valence-electron chi connectivity index (χ3n) is 6.69. The molecule has 2 fully saturated rings. The van der Waals surface area contributed by atoms with Gasteiger partial charge in [0.15, 0.2) is 5.13 Å². The summed E-state index contributed by atoms with van der Waals surface area (Å²) in [7, 11) is -3.74. The van der Waals surface area contributed by atoms with Gasteiger partial charge in [0.05, 0.1) is 28.2 Å². The van der Waals surface area contributed by atoms with Crippen molar-refractivity contribution in [2.24, 2.45) is 5.92 Å². The number of anilines is 1. The van der Waals surface area contributed by atoms with Crippen LogP contribution in [-0.2, 0) is 19.6 Å². The average molecular weight is 587 g/mol. The zero-order valence-corrected chi connectivity index (χ0v) is 23.4. The monoisotopic (exact) mass is 586 g/mol. The van der Waals surface area contributed by atoms with Gasteiger partial charge >= 0.3 is 0 Å². The second-order valence-electron chi connectivity index (χ2n) is 9.14. The quantitative estimate of drug-likeness (QED) is 0.391. The minimum absolute atomic E-state index is 0.0932. The normalized spacial score (nSPS) is 19.9. The molecule has 2 aliphatic rings. The zero-order valence-electron chi connectivity index (χ0n) is 20.1. The Morgan fingerprint density at radius 2 is 2.00 bits per heavy atom. The first kappa shape index (κ1) is 26.9. The van der Waals surface area contributed by atoms with Gasteiger partial charge in [0.1, 0.15) is 15.5 Å². The van der Waals surface area contributed by atoms with Crippen LogP contribution in [0, 0.1) is 11.7 Å². The molecule has 200 valence electrons. The highest BCUT2D eigenvalue weighted by atomic mass is 35.5. The number of morpholine rings is 1. The maximum atomic E-state index is 14.4. The SMILES string of the molecule is O=C(C1CCCN(S(=O)(=O)c2ccc(Cl)s2)C1)N(CCCN1CCOCC1)c1nc2c(F)cccc2s1. The molecule has 2 aliphatic heterocycles. The van der Waals surface area contributed by atoms with Gasteiger partial charge in [0.25, 0.3) is 10.0 Å². The predicted octanol–water partition coefficient (Wildman–Crippen LogP) is 4.31. The van der Waals surface area contributed by atoms with E-state index in [-0.39, 0.29) is 22.2 Å². The molecule has 0 radical (unpaired) electrons. The summed E-state index contributed by atoms with van der Waals surface area (Å²) in [6.07, 6.45) is 1.87. The molecule has 0 saturated carbocycles. The van der Waals surface area contributed by atoms with E-state index in [4.69, 9.17) is 16.3 Å². The van der Waals surface area contributed by atoms with Gasteiger partial charge in [-0.05, 0) is 43.5 Å². The van der Waals surface area contributed by atoms with Crippen molar-refractivity contribution in [3.8, 4) is 0 Å². The summed E-state index contributed by atoms with van der Waals surface area (Å²) in [6.45, 7) is 4.76. The van der Waals surface area contributed by atoms with Crippen LogP contribution in [0.15, 0.2) is 34.5 Å². The number of aromatic nitrogens is 1. The number of thiophene rings is 1. The Labute approximate surface area is 228 Å². The van der Waals surface area contributed by atoms with E-state index in [1.165, 1.54) is 27.8 Å². The molecular formula is C24H28ClFN4O4S3. The van der Waals surface area contributed by atoms with E-state index in [2.05, 4.69) is 9.88 Å². The van der Waals surface area contributed by atoms with Crippen LogP contribution in [0.4, 0.5) is 9.52 Å². The smallest absolute Gasteiger partial charge is 0.252 e. The van der Waals surface area contributed by atoms with E-state index < -0.39 is 21.8 Å². The van der Waals surface area contributed by atoms with Gasteiger partial charge in [-0.15, -0.1) is 11.3 Å². The number of piperidine rings is 1. The number of carbonyl (C=O) groups excluding carboxylic acids is 1. The van der Waals surface area contributed by atoms with Gasteiger partial charge in [0.2, 0.25) is 5.91 Å². The molecule has 13 heteroatoms. The number of hydrogen-bond donors (Lipinski definition) is 0. The molecular weight excluding hydrogens is 559 g/mol. The highest BCUT2D eigenvalue weighted by Crippen LogP contribution is 2.34. The summed E-state index contributed by atoms with van der Waals surface area (Å²) in [5.41, 5.74) is 0.246. The molecule has 2 saturated heterocycles. The first-order valence-electron chi connectivity index (χ1n) is 12.2. The first-order valence-corrected chi connectivity index (χ1v) is 15.7. The average Bonchev–Trinajstić information content (AvgIpc) is 3.54. The van der Waals surface area contributed by atoms with Crippen molar-refractivity contribution < 1.29 is 22.3 Å². The van der Waals surface area contributed by atoms with E-state index in [0.717, 1.165) is 31.0 Å². The van der Waals surface area contributed by atoms with Gasteiger partial charge < -0.3 is 4.74 Å². The van der Waals surface area contributed by atoms with Crippen LogP contribution in [-0.4, -0.2) is 81.0 Å². The number of sulfonamides is 1. The summed E-state index contributed by atoms with van der Waals surface area (Å²) in [4.78, 5) is 22.3. The van der Waals surface area contributed by atoms with Crippen molar-refractivity contribution in [2.45, 2.75) is 23.5 Å². The van der Waals surface area contributed by atoms with Crippen molar-refractivity contribution in [3.63, 3.8) is 0 Å². The van der Waals surface area contributed by atoms with E-state index >= 15 is 0 Å². The molecule has 3 aromatic rings. The lowest BCUT2D eigenvalue weighted by Crippen LogP contribution is -2.47. The topological polar surface area (TPSA) is 83.1 Å². The van der Waals surface area contributed by atoms with Gasteiger partial charge in [-0.3, -0.25) is 14.6 Å². The highest BCUT2D eigenvalue weighted by Gasteiger charge is 2.36. The summed E-state index contributed by atoms with van der Waals surface area (Å²) in [5, 5.41) is 0.442. The number of hydrogen-bond acceptors (Lipinski definition) is 8. The number of fused-ring (bicyclic) bond motifs is 1. The molecule has 1 aromatic carbocycles. The van der Waals surface area contributed by atoms with Crippen LogP contribution in [0.25, 0.3) is 10.2 Å². The van der Waals surface area contributed by atoms with Crippen LogP contribution in [0.1, 0.15) is 19.3 Å². The van der Waals surface area contributed by atoms with E-state index in [9.17, 15) is 17.6 Å². The fourth-order valence-electron chi connectivity index (χ4n) is 4.74. The Kier molecular flexibility index (Phi) is 8.44. The molecule has 8 nitrogen and oxygen atoms in total. The fraction of sp³-hybridized carbons (Fsp3) is 0.500. The molecule has 0 bridgehead atoms. The third-order valence-corrected chi connectivity index (χ3v) is 11.3. The Hall–Kier alpha value is -1.67. The summed E-state index contributed by atoms with van der Waals surface area (Å²) in [5.74, 6) is -1.12. The molecule has 0 N–H and O–H groups in total. The van der Waals surface area contributed by atoms with Crippen molar-refractivity contribution in [2.75, 3.05) is 57.4 Å². The van der Waals surface area contributed by atoms with Gasteiger partial charge in [0, 0.05) is 39.3 Å². The van der Waals surface area contributed by atoms with Crippen LogP contribution in [0.5, 0.6) is 0 Å². The minimum Gasteiger partial charge on any atom is -0.379 e. The maximum Gasteiger partial charge on any atom is 0.252 e. The Morgan fingerprint density at radius 3 is 2.73 bits per heavy atom. The standard InChI is InChI=1S/C24H28ClFN4O4S3/c25-20-7-8-21(36-20)37(32,33)29-10-2-4-17(16-29)23(31)30(11-3-9-28-12-14-34-15-13-28)24-27-22-18(26)5-1-6-19(22)35-24/h1,5-8,17H,2-4,9-16H2. The number of thiazole rings is 1. The molecule has 0 aliphatic carbocycles.